The van der Waals surface area contributed by atoms with Crippen molar-refractivity contribution in [1.82, 2.24) is 0 Å². The number of carboxylic acids is 1. The van der Waals surface area contributed by atoms with Gasteiger partial charge in [0, 0.05) is 0 Å². The van der Waals surface area contributed by atoms with Crippen molar-refractivity contribution in [2.75, 3.05) is 0 Å². The number of unbranched alkanes of at least 4 members (excludes halogenated alkanes) is 19. The second-order valence-corrected chi connectivity index (χ2v) is 10.6. The van der Waals surface area contributed by atoms with Crippen LogP contribution in [0.2, 0.25) is 0 Å². The van der Waals surface area contributed by atoms with Gasteiger partial charge in [-0.15, -0.1) is 0 Å². The third-order valence-corrected chi connectivity index (χ3v) is 7.48. The molecule has 0 fully saturated rings. The van der Waals surface area contributed by atoms with E-state index < -0.39 is 11.4 Å². The molecule has 0 aliphatic carbocycles. The van der Waals surface area contributed by atoms with Crippen molar-refractivity contribution in [3.05, 3.63) is 0 Å². The molecule has 2 heteroatoms. The molecule has 1 N–H and O–H groups in total. The van der Waals surface area contributed by atoms with Gasteiger partial charge in [0.15, 0.2) is 0 Å². The molecule has 0 aliphatic rings. The molecule has 192 valence electrons. The van der Waals surface area contributed by atoms with Crippen molar-refractivity contribution in [1.29, 1.82) is 0 Å². The minimum Gasteiger partial charge on any atom is -0.481 e. The highest BCUT2D eigenvalue weighted by Gasteiger charge is 2.36. The van der Waals surface area contributed by atoms with Crippen molar-refractivity contribution in [3.63, 3.8) is 0 Å². The zero-order chi connectivity index (χ0) is 23.8. The number of carbonyl (C=O) groups is 1. The summed E-state index contributed by atoms with van der Waals surface area (Å²) in [6, 6.07) is 0. The molecule has 0 aromatic heterocycles. The average molecular weight is 453 g/mol. The van der Waals surface area contributed by atoms with Crippen LogP contribution in [0.3, 0.4) is 0 Å². The van der Waals surface area contributed by atoms with Crippen molar-refractivity contribution in [2.24, 2.45) is 5.41 Å². The van der Waals surface area contributed by atoms with Gasteiger partial charge < -0.3 is 5.11 Å². The van der Waals surface area contributed by atoms with E-state index in [4.69, 9.17) is 0 Å². The van der Waals surface area contributed by atoms with Crippen LogP contribution in [0.4, 0.5) is 0 Å². The molecule has 0 bridgehead atoms. The Bertz CT molecular complexity index is 376. The molecular weight excluding hydrogens is 392 g/mol. The van der Waals surface area contributed by atoms with Crippen molar-refractivity contribution >= 4 is 5.97 Å². The Labute approximate surface area is 202 Å². The lowest BCUT2D eigenvalue weighted by molar-refractivity contribution is -0.150. The lowest BCUT2D eigenvalue weighted by Gasteiger charge is -2.30. The average Bonchev–Trinajstić information content (AvgIpc) is 2.78. The molecular formula is C30H60O2. The summed E-state index contributed by atoms with van der Waals surface area (Å²) in [5.74, 6) is -0.508. The van der Waals surface area contributed by atoms with Crippen LogP contribution in [-0.2, 0) is 4.79 Å². The number of hydrogen-bond acceptors (Lipinski definition) is 1. The van der Waals surface area contributed by atoms with E-state index in [0.29, 0.717) is 0 Å². The normalized spacial score (nSPS) is 11.8. The molecule has 0 saturated carbocycles. The SMILES string of the molecule is CCCCCCCCCCCCCCC(CCCCCCC)(CCCCCCC)C(=O)O. The van der Waals surface area contributed by atoms with E-state index in [0.717, 1.165) is 38.5 Å². The van der Waals surface area contributed by atoms with E-state index in [1.807, 2.05) is 0 Å². The van der Waals surface area contributed by atoms with Crippen LogP contribution in [-0.4, -0.2) is 11.1 Å². The fourth-order valence-corrected chi connectivity index (χ4v) is 5.13. The van der Waals surface area contributed by atoms with Gasteiger partial charge in [-0.1, -0.05) is 162 Å². The first kappa shape index (κ1) is 31.5. The summed E-state index contributed by atoms with van der Waals surface area (Å²) in [7, 11) is 0. The number of hydrogen-bond donors (Lipinski definition) is 1. The van der Waals surface area contributed by atoms with Gasteiger partial charge in [0.05, 0.1) is 5.41 Å². The lowest BCUT2D eigenvalue weighted by Crippen LogP contribution is -2.31. The van der Waals surface area contributed by atoms with Gasteiger partial charge in [0.1, 0.15) is 0 Å². The predicted molar refractivity (Wildman–Crippen MR) is 143 cm³/mol. The topological polar surface area (TPSA) is 37.3 Å². The predicted octanol–water partition coefficient (Wildman–Crippen LogP) is 10.9. The minimum absolute atomic E-state index is 0.448. The molecule has 0 amide bonds. The Morgan fingerprint density at radius 2 is 0.656 bits per heavy atom. The van der Waals surface area contributed by atoms with E-state index in [2.05, 4.69) is 20.8 Å². The Morgan fingerprint density at radius 3 is 0.875 bits per heavy atom. The number of carboxylic acid groups (broad SMARTS) is 1. The van der Waals surface area contributed by atoms with Gasteiger partial charge in [0.2, 0.25) is 0 Å². The third kappa shape index (κ3) is 18.0. The van der Waals surface area contributed by atoms with Gasteiger partial charge >= 0.3 is 5.97 Å². The Balaban J connectivity index is 4.21. The molecule has 0 atom stereocenters. The Kier molecular flexibility index (Phi) is 23.2. The van der Waals surface area contributed by atoms with Crippen LogP contribution in [0.1, 0.15) is 181 Å². The highest BCUT2D eigenvalue weighted by molar-refractivity contribution is 5.74. The van der Waals surface area contributed by atoms with Crippen LogP contribution in [0, 0.1) is 5.41 Å². The molecule has 32 heavy (non-hydrogen) atoms. The first-order chi connectivity index (χ1) is 15.6. The van der Waals surface area contributed by atoms with E-state index in [1.54, 1.807) is 0 Å². The molecule has 2 nitrogen and oxygen atoms in total. The van der Waals surface area contributed by atoms with Gasteiger partial charge in [-0.2, -0.15) is 0 Å². The van der Waals surface area contributed by atoms with Crippen LogP contribution < -0.4 is 0 Å². The maximum absolute atomic E-state index is 12.4. The summed E-state index contributed by atoms with van der Waals surface area (Å²) in [4.78, 5) is 12.4. The standard InChI is InChI=1S/C30H60O2/c1-4-7-10-13-14-15-16-17-18-19-22-25-28-30(29(31)32,26-23-20-11-8-5-2)27-24-21-12-9-6-3/h4-28H2,1-3H3,(H,31,32). The summed E-state index contributed by atoms with van der Waals surface area (Å²) in [6.45, 7) is 6.76. The quantitative estimate of drug-likeness (QED) is 0.132. The van der Waals surface area contributed by atoms with Crippen molar-refractivity contribution in [3.8, 4) is 0 Å². The highest BCUT2D eigenvalue weighted by atomic mass is 16.4. The van der Waals surface area contributed by atoms with Crippen molar-refractivity contribution < 1.29 is 9.90 Å². The summed E-state index contributed by atoms with van der Waals surface area (Å²) in [5, 5.41) is 10.2. The zero-order valence-electron chi connectivity index (χ0n) is 22.5. The van der Waals surface area contributed by atoms with Gasteiger partial charge in [-0.3, -0.25) is 4.79 Å². The van der Waals surface area contributed by atoms with Gasteiger partial charge in [-0.05, 0) is 19.3 Å². The maximum Gasteiger partial charge on any atom is 0.309 e. The van der Waals surface area contributed by atoms with Gasteiger partial charge in [-0.25, -0.2) is 0 Å². The van der Waals surface area contributed by atoms with Crippen LogP contribution in [0.15, 0.2) is 0 Å². The molecule has 0 unspecified atom stereocenters. The van der Waals surface area contributed by atoms with Crippen LogP contribution in [0.5, 0.6) is 0 Å². The summed E-state index contributed by atoms with van der Waals surface area (Å²) in [6.07, 6.45) is 31.0. The fourth-order valence-electron chi connectivity index (χ4n) is 5.13. The molecule has 0 aliphatic heterocycles. The molecule has 0 aromatic rings. The summed E-state index contributed by atoms with van der Waals surface area (Å²) in [5.41, 5.74) is -0.448. The minimum atomic E-state index is -0.508. The zero-order valence-corrected chi connectivity index (χ0v) is 22.5. The smallest absolute Gasteiger partial charge is 0.309 e. The lowest BCUT2D eigenvalue weighted by atomic mass is 9.74. The third-order valence-electron chi connectivity index (χ3n) is 7.48. The Morgan fingerprint density at radius 1 is 0.438 bits per heavy atom. The number of rotatable bonds is 26. The molecule has 0 heterocycles. The second-order valence-electron chi connectivity index (χ2n) is 10.6. The number of aliphatic carboxylic acids is 1. The van der Waals surface area contributed by atoms with E-state index in [9.17, 15) is 9.90 Å². The fraction of sp³-hybridized carbons (Fsp3) is 0.967. The molecule has 0 radical (unpaired) electrons. The second kappa shape index (κ2) is 23.6. The molecule has 0 spiro atoms. The maximum atomic E-state index is 12.4. The van der Waals surface area contributed by atoms with Crippen LogP contribution in [0.25, 0.3) is 0 Å². The van der Waals surface area contributed by atoms with E-state index >= 15 is 0 Å². The summed E-state index contributed by atoms with van der Waals surface area (Å²) >= 11 is 0. The summed E-state index contributed by atoms with van der Waals surface area (Å²) < 4.78 is 0. The first-order valence-electron chi connectivity index (χ1n) is 14.9. The van der Waals surface area contributed by atoms with E-state index in [-0.39, 0.29) is 0 Å². The largest absolute Gasteiger partial charge is 0.481 e. The molecule has 0 saturated heterocycles. The molecule has 0 rings (SSSR count). The monoisotopic (exact) mass is 452 g/mol. The van der Waals surface area contributed by atoms with Gasteiger partial charge in [0.25, 0.3) is 0 Å². The first-order valence-corrected chi connectivity index (χ1v) is 14.9. The molecule has 0 aromatic carbocycles. The van der Waals surface area contributed by atoms with Crippen LogP contribution >= 0.6 is 0 Å². The highest BCUT2D eigenvalue weighted by Crippen LogP contribution is 2.38. The van der Waals surface area contributed by atoms with Crippen molar-refractivity contribution in [2.45, 2.75) is 181 Å². The Hall–Kier alpha value is -0.530. The van der Waals surface area contributed by atoms with E-state index in [1.165, 1.54) is 122 Å².